The number of alkyl carbamates (subject to hydrolysis) is 1. The predicted octanol–water partition coefficient (Wildman–Crippen LogP) is 7.42. The number of carbonyl (C=O) groups excluding carboxylic acids is 3. The number of likely N-dealkylation sites (tertiary alicyclic amines) is 1. The Bertz CT molecular complexity index is 1820. The molecule has 1 aliphatic heterocycles. The van der Waals surface area contributed by atoms with Crippen molar-refractivity contribution in [1.29, 1.82) is 0 Å². The number of piperidine rings is 1. The molecular formula is C36H40F2N4O5S. The van der Waals surface area contributed by atoms with E-state index in [1.54, 1.807) is 43.9 Å². The Morgan fingerprint density at radius 1 is 1.08 bits per heavy atom. The predicted molar refractivity (Wildman–Crippen MR) is 184 cm³/mol. The Kier molecular flexibility index (Phi) is 10.3. The topological polar surface area (TPSA) is 104 Å². The highest BCUT2D eigenvalue weighted by molar-refractivity contribution is 7.99. The summed E-state index contributed by atoms with van der Waals surface area (Å²) < 4.78 is 42.5. The fourth-order valence-electron chi connectivity index (χ4n) is 6.02. The van der Waals surface area contributed by atoms with Gasteiger partial charge in [-0.15, -0.1) is 0 Å². The first-order chi connectivity index (χ1) is 22.8. The van der Waals surface area contributed by atoms with Crippen molar-refractivity contribution < 1.29 is 32.3 Å². The smallest absolute Gasteiger partial charge is 0.408 e. The number of carbonyl (C=O) groups is 3. The van der Waals surface area contributed by atoms with Crippen molar-refractivity contribution in [3.8, 4) is 11.3 Å². The van der Waals surface area contributed by atoms with Crippen molar-refractivity contribution in [3.63, 3.8) is 0 Å². The standard InChI is InChI=1S/C36H40F2N4O5S/c1-36(2,3)47-35(45)40-31(24-11-7-8-12-27(24)38)34(44)42-17-9-10-22(20-42)25-18-26-29(19-28(25)41(5)48-6)46-32(30(26)33(43)39-4)21-13-15-23(37)16-14-21/h7-8,11-16,18-19,22,31H,9-10,17,20H2,1-6H3,(H,39,43)(H,40,45). The van der Waals surface area contributed by atoms with Crippen molar-refractivity contribution in [3.05, 3.63) is 89.0 Å². The molecular weight excluding hydrogens is 638 g/mol. The Morgan fingerprint density at radius 3 is 2.44 bits per heavy atom. The third kappa shape index (κ3) is 7.43. The van der Waals surface area contributed by atoms with Gasteiger partial charge in [0.15, 0.2) is 0 Å². The van der Waals surface area contributed by atoms with Crippen LogP contribution < -0.4 is 14.9 Å². The zero-order valence-corrected chi connectivity index (χ0v) is 28.7. The van der Waals surface area contributed by atoms with E-state index < -0.39 is 35.3 Å². The van der Waals surface area contributed by atoms with Gasteiger partial charge < -0.3 is 29.0 Å². The lowest BCUT2D eigenvalue weighted by Gasteiger charge is -2.37. The summed E-state index contributed by atoms with van der Waals surface area (Å²) >= 11 is 1.49. The Hall–Kier alpha value is -4.58. The third-order valence-corrected chi connectivity index (χ3v) is 9.05. The molecule has 1 aliphatic rings. The van der Waals surface area contributed by atoms with E-state index in [4.69, 9.17) is 9.15 Å². The van der Waals surface area contributed by atoms with Crippen LogP contribution in [-0.4, -0.2) is 61.8 Å². The van der Waals surface area contributed by atoms with Gasteiger partial charge in [0, 0.05) is 61.9 Å². The molecule has 9 nitrogen and oxygen atoms in total. The van der Waals surface area contributed by atoms with E-state index in [9.17, 15) is 18.8 Å². The minimum Gasteiger partial charge on any atom is -0.455 e. The van der Waals surface area contributed by atoms with Crippen LogP contribution >= 0.6 is 11.9 Å². The number of fused-ring (bicyclic) bond motifs is 1. The second-order valence-electron chi connectivity index (χ2n) is 12.7. The molecule has 0 bridgehead atoms. The first kappa shape index (κ1) is 34.7. The summed E-state index contributed by atoms with van der Waals surface area (Å²) in [5.74, 6) is -1.68. The zero-order chi connectivity index (χ0) is 34.7. The maximum absolute atomic E-state index is 15.1. The number of benzene rings is 3. The van der Waals surface area contributed by atoms with Crippen LogP contribution in [-0.2, 0) is 9.53 Å². The molecule has 48 heavy (non-hydrogen) atoms. The van der Waals surface area contributed by atoms with E-state index in [0.29, 0.717) is 47.4 Å². The molecule has 254 valence electrons. The van der Waals surface area contributed by atoms with Gasteiger partial charge in [-0.25, -0.2) is 13.6 Å². The van der Waals surface area contributed by atoms with Crippen LogP contribution in [0.3, 0.4) is 0 Å². The Balaban J connectivity index is 1.55. The molecule has 2 heterocycles. The maximum atomic E-state index is 15.1. The minimum atomic E-state index is -1.30. The van der Waals surface area contributed by atoms with Crippen LogP contribution in [0.2, 0.25) is 0 Å². The van der Waals surface area contributed by atoms with E-state index >= 15 is 4.39 Å². The summed E-state index contributed by atoms with van der Waals surface area (Å²) in [4.78, 5) is 41.9. The first-order valence-electron chi connectivity index (χ1n) is 15.7. The van der Waals surface area contributed by atoms with E-state index in [1.807, 2.05) is 29.7 Å². The van der Waals surface area contributed by atoms with Crippen LogP contribution in [0.1, 0.15) is 67.1 Å². The number of furan rings is 1. The van der Waals surface area contributed by atoms with Crippen molar-refractivity contribution in [2.75, 3.05) is 37.7 Å². The molecule has 12 heteroatoms. The number of amides is 3. The quantitative estimate of drug-likeness (QED) is 0.187. The highest BCUT2D eigenvalue weighted by Crippen LogP contribution is 2.42. The lowest BCUT2D eigenvalue weighted by atomic mass is 9.87. The van der Waals surface area contributed by atoms with Crippen LogP contribution in [0.25, 0.3) is 22.3 Å². The van der Waals surface area contributed by atoms with E-state index in [0.717, 1.165) is 17.7 Å². The fourth-order valence-corrected chi connectivity index (χ4v) is 6.38. The molecule has 3 amide bonds. The van der Waals surface area contributed by atoms with Crippen LogP contribution in [0.4, 0.5) is 19.3 Å². The minimum absolute atomic E-state index is 0.0432. The second kappa shape index (κ2) is 14.3. The molecule has 0 radical (unpaired) electrons. The lowest BCUT2D eigenvalue weighted by molar-refractivity contribution is -0.135. The van der Waals surface area contributed by atoms with Crippen LogP contribution in [0, 0.1) is 11.6 Å². The summed E-state index contributed by atoms with van der Waals surface area (Å²) in [7, 11) is 3.46. The monoisotopic (exact) mass is 678 g/mol. The summed E-state index contributed by atoms with van der Waals surface area (Å²) in [6.45, 7) is 5.83. The number of anilines is 1. The number of ether oxygens (including phenoxy) is 1. The first-order valence-corrected chi connectivity index (χ1v) is 16.9. The van der Waals surface area contributed by atoms with Gasteiger partial charge in [0.05, 0.1) is 11.3 Å². The van der Waals surface area contributed by atoms with Gasteiger partial charge in [-0.3, -0.25) is 9.59 Å². The van der Waals surface area contributed by atoms with Crippen molar-refractivity contribution in [2.45, 2.75) is 51.2 Å². The normalized spacial score (nSPS) is 15.6. The molecule has 1 saturated heterocycles. The molecule has 0 saturated carbocycles. The van der Waals surface area contributed by atoms with Crippen LogP contribution in [0.5, 0.6) is 0 Å². The molecule has 3 aromatic carbocycles. The molecule has 2 N–H and O–H groups in total. The maximum Gasteiger partial charge on any atom is 0.408 e. The molecule has 1 fully saturated rings. The number of hydrogen-bond acceptors (Lipinski definition) is 7. The molecule has 2 unspecified atom stereocenters. The van der Waals surface area contributed by atoms with Gasteiger partial charge >= 0.3 is 6.09 Å². The molecule has 5 rings (SSSR count). The van der Waals surface area contributed by atoms with E-state index in [-0.39, 0.29) is 17.4 Å². The van der Waals surface area contributed by atoms with Crippen molar-refractivity contribution >= 4 is 46.5 Å². The van der Waals surface area contributed by atoms with Gasteiger partial charge in [0.25, 0.3) is 5.91 Å². The number of rotatable bonds is 8. The van der Waals surface area contributed by atoms with Gasteiger partial charge in [-0.2, -0.15) is 0 Å². The SMILES string of the molecule is CNC(=O)c1c(-c2ccc(F)cc2)oc2cc(N(C)SC)c(C3CCCN(C(=O)C(NC(=O)OC(C)(C)C)c4ccccc4F)C3)cc12. The Labute approximate surface area is 283 Å². The average molecular weight is 679 g/mol. The van der Waals surface area contributed by atoms with Crippen molar-refractivity contribution in [1.82, 2.24) is 15.5 Å². The fraction of sp³-hybridized carbons (Fsp3) is 0.361. The third-order valence-electron chi connectivity index (χ3n) is 8.31. The summed E-state index contributed by atoms with van der Waals surface area (Å²) in [6, 6.07) is 14.1. The number of nitrogens with one attached hydrogen (secondary N) is 2. The second-order valence-corrected chi connectivity index (χ2v) is 13.6. The average Bonchev–Trinajstić information content (AvgIpc) is 3.44. The van der Waals surface area contributed by atoms with Gasteiger partial charge in [0.2, 0.25) is 5.91 Å². The summed E-state index contributed by atoms with van der Waals surface area (Å²) in [5.41, 5.74) is 2.32. The summed E-state index contributed by atoms with van der Waals surface area (Å²) in [6.07, 6.45) is 2.51. The van der Waals surface area contributed by atoms with Gasteiger partial charge in [0.1, 0.15) is 34.6 Å². The van der Waals surface area contributed by atoms with E-state index in [1.165, 1.54) is 49.3 Å². The zero-order valence-electron chi connectivity index (χ0n) is 27.9. The molecule has 0 spiro atoms. The number of hydrogen-bond donors (Lipinski definition) is 2. The number of halogens is 2. The molecule has 0 aliphatic carbocycles. The highest BCUT2D eigenvalue weighted by Gasteiger charge is 2.35. The highest BCUT2D eigenvalue weighted by atomic mass is 32.2. The largest absolute Gasteiger partial charge is 0.455 e. The van der Waals surface area contributed by atoms with Crippen LogP contribution in [0.15, 0.2) is 65.1 Å². The molecule has 1 aromatic heterocycles. The molecule has 2 atom stereocenters. The molecule has 4 aromatic rings. The Morgan fingerprint density at radius 2 is 1.79 bits per heavy atom. The van der Waals surface area contributed by atoms with Gasteiger partial charge in [-0.05, 0) is 75.6 Å². The van der Waals surface area contributed by atoms with Gasteiger partial charge in [-0.1, -0.05) is 30.1 Å². The number of nitrogens with zero attached hydrogens (tertiary/aromatic N) is 2. The lowest BCUT2D eigenvalue weighted by Crippen LogP contribution is -2.47. The van der Waals surface area contributed by atoms with E-state index in [2.05, 4.69) is 10.6 Å². The summed E-state index contributed by atoms with van der Waals surface area (Å²) in [5, 5.41) is 5.89. The van der Waals surface area contributed by atoms with Crippen molar-refractivity contribution in [2.24, 2.45) is 0 Å².